The fraction of sp³-hybridized carbons (Fsp3) is 0.591. The highest BCUT2D eigenvalue weighted by molar-refractivity contribution is 6.02. The van der Waals surface area contributed by atoms with Gasteiger partial charge >= 0.3 is 0 Å². The minimum Gasteiger partial charge on any atom is -0.495 e. The van der Waals surface area contributed by atoms with Gasteiger partial charge in [-0.1, -0.05) is 20.4 Å². The normalized spacial score (nSPS) is 13.5. The van der Waals surface area contributed by atoms with E-state index in [1.54, 1.807) is 7.11 Å². The van der Waals surface area contributed by atoms with Gasteiger partial charge in [0.05, 0.1) is 24.2 Å². The Bertz CT molecular complexity index is 611. The standard InChI is InChI=1S/C18H28N4O2.C2H7N.C2H6/c1-6-18(23)20-14-11-15(19-2)17(24-5)12-16(14)22-9-7-13(8-10-22)21(3)4;1-3-2;1-2/h6,11-13,19H,1,7-10H2,2-5H3,(H,20,23);3H,1-2H3;1-2H3. The van der Waals surface area contributed by atoms with E-state index in [2.05, 4.69) is 46.4 Å². The maximum absolute atomic E-state index is 11.8. The van der Waals surface area contributed by atoms with Gasteiger partial charge in [-0.25, -0.2) is 0 Å². The van der Waals surface area contributed by atoms with Crippen LogP contribution in [0.5, 0.6) is 5.75 Å². The summed E-state index contributed by atoms with van der Waals surface area (Å²) in [7, 11) is 11.5. The highest BCUT2D eigenvalue weighted by atomic mass is 16.5. The van der Waals surface area contributed by atoms with Crippen LogP contribution in [0.4, 0.5) is 17.1 Å². The van der Waals surface area contributed by atoms with Gasteiger partial charge in [-0.2, -0.15) is 0 Å². The second kappa shape index (κ2) is 14.7. The number of amides is 1. The van der Waals surface area contributed by atoms with E-state index in [1.807, 2.05) is 47.1 Å². The van der Waals surface area contributed by atoms with Crippen LogP contribution in [-0.2, 0) is 4.79 Å². The Morgan fingerprint density at radius 1 is 1.17 bits per heavy atom. The molecule has 0 spiro atoms. The number of hydrogen-bond acceptors (Lipinski definition) is 6. The van der Waals surface area contributed by atoms with E-state index in [-0.39, 0.29) is 5.91 Å². The second-order valence-corrected chi connectivity index (χ2v) is 6.69. The lowest BCUT2D eigenvalue weighted by molar-refractivity contribution is -0.111. The molecule has 1 aliphatic rings. The predicted octanol–water partition coefficient (Wildman–Crippen LogP) is 3.25. The summed E-state index contributed by atoms with van der Waals surface area (Å²) in [5.41, 5.74) is 2.59. The first kappa shape index (κ1) is 26.8. The number of carbonyl (C=O) groups excluding carboxylic acids is 1. The lowest BCUT2D eigenvalue weighted by Crippen LogP contribution is -2.42. The van der Waals surface area contributed by atoms with E-state index in [9.17, 15) is 4.79 Å². The smallest absolute Gasteiger partial charge is 0.247 e. The van der Waals surface area contributed by atoms with Gasteiger partial charge in [0, 0.05) is 32.2 Å². The largest absolute Gasteiger partial charge is 0.495 e. The van der Waals surface area contributed by atoms with Crippen LogP contribution in [-0.4, -0.2) is 72.3 Å². The van der Waals surface area contributed by atoms with E-state index in [4.69, 9.17) is 4.74 Å². The average molecular weight is 408 g/mol. The van der Waals surface area contributed by atoms with Gasteiger partial charge in [0.1, 0.15) is 5.75 Å². The summed E-state index contributed by atoms with van der Waals surface area (Å²) in [6, 6.07) is 4.50. The molecule has 7 nitrogen and oxygen atoms in total. The van der Waals surface area contributed by atoms with Crippen molar-refractivity contribution in [1.29, 1.82) is 0 Å². The van der Waals surface area contributed by atoms with E-state index in [0.717, 1.165) is 48.7 Å². The van der Waals surface area contributed by atoms with E-state index in [0.29, 0.717) is 6.04 Å². The lowest BCUT2D eigenvalue weighted by atomic mass is 10.0. The molecule has 0 aliphatic carbocycles. The molecule has 1 saturated heterocycles. The van der Waals surface area contributed by atoms with Gasteiger partial charge in [-0.3, -0.25) is 4.79 Å². The monoisotopic (exact) mass is 407 g/mol. The third kappa shape index (κ3) is 8.33. The Labute approximate surface area is 177 Å². The number of methoxy groups -OCH3 is 1. The van der Waals surface area contributed by atoms with Crippen molar-refractivity contribution in [1.82, 2.24) is 10.2 Å². The molecule has 0 bridgehead atoms. The Morgan fingerprint density at radius 3 is 2.14 bits per heavy atom. The molecule has 0 aromatic heterocycles. The summed E-state index contributed by atoms with van der Waals surface area (Å²) in [5.74, 6) is 0.547. The number of benzene rings is 1. The number of hydrogen-bond donors (Lipinski definition) is 3. The maximum atomic E-state index is 11.8. The van der Waals surface area contributed by atoms with Gasteiger partial charge in [-0.15, -0.1) is 0 Å². The molecule has 1 aromatic rings. The number of ether oxygens (including phenoxy) is 1. The van der Waals surface area contributed by atoms with Gasteiger partial charge < -0.3 is 30.5 Å². The van der Waals surface area contributed by atoms with Crippen molar-refractivity contribution in [2.45, 2.75) is 32.7 Å². The van der Waals surface area contributed by atoms with Crippen molar-refractivity contribution in [2.24, 2.45) is 0 Å². The van der Waals surface area contributed by atoms with Crippen LogP contribution in [0, 0.1) is 0 Å². The molecule has 7 heteroatoms. The van der Waals surface area contributed by atoms with Crippen LogP contribution >= 0.6 is 0 Å². The van der Waals surface area contributed by atoms with Crippen molar-refractivity contribution in [3.63, 3.8) is 0 Å². The van der Waals surface area contributed by atoms with Crippen LogP contribution in [0.1, 0.15) is 26.7 Å². The number of nitrogens with one attached hydrogen (secondary N) is 3. The van der Waals surface area contributed by atoms with Crippen LogP contribution < -0.4 is 25.6 Å². The Balaban J connectivity index is 0.00000143. The maximum Gasteiger partial charge on any atom is 0.247 e. The van der Waals surface area contributed by atoms with E-state index in [1.165, 1.54) is 6.08 Å². The molecule has 1 aliphatic heterocycles. The SMILES string of the molecule is C=CC(=O)Nc1cc(NC)c(OC)cc1N1CCC(N(C)C)CC1.CC.CNC. The van der Waals surface area contributed by atoms with Crippen molar-refractivity contribution >= 4 is 23.0 Å². The van der Waals surface area contributed by atoms with Crippen LogP contribution in [0.15, 0.2) is 24.8 Å². The molecule has 0 atom stereocenters. The molecule has 1 fully saturated rings. The minimum absolute atomic E-state index is 0.216. The highest BCUT2D eigenvalue weighted by Gasteiger charge is 2.24. The molecule has 1 heterocycles. The minimum atomic E-state index is -0.216. The Kier molecular flexibility index (Phi) is 13.6. The summed E-state index contributed by atoms with van der Waals surface area (Å²) < 4.78 is 5.48. The molecule has 0 saturated carbocycles. The summed E-state index contributed by atoms with van der Waals surface area (Å²) in [6.07, 6.45) is 3.47. The van der Waals surface area contributed by atoms with Crippen molar-refractivity contribution < 1.29 is 9.53 Å². The number of anilines is 3. The lowest BCUT2D eigenvalue weighted by Gasteiger charge is -2.37. The van der Waals surface area contributed by atoms with Crippen LogP contribution in [0.2, 0.25) is 0 Å². The highest BCUT2D eigenvalue weighted by Crippen LogP contribution is 2.38. The van der Waals surface area contributed by atoms with Crippen LogP contribution in [0.25, 0.3) is 0 Å². The van der Waals surface area contributed by atoms with Gasteiger partial charge in [0.15, 0.2) is 0 Å². The molecule has 1 amide bonds. The molecule has 166 valence electrons. The third-order valence-corrected chi connectivity index (χ3v) is 4.57. The second-order valence-electron chi connectivity index (χ2n) is 6.69. The third-order valence-electron chi connectivity index (χ3n) is 4.57. The molecular formula is C22H41N5O2. The number of piperidine rings is 1. The number of carbonyl (C=O) groups is 1. The zero-order chi connectivity index (χ0) is 22.4. The molecule has 29 heavy (non-hydrogen) atoms. The van der Waals surface area contributed by atoms with Gasteiger partial charge in [-0.05, 0) is 53.2 Å². The fourth-order valence-corrected chi connectivity index (χ4v) is 3.10. The van der Waals surface area contributed by atoms with Gasteiger partial charge in [0.2, 0.25) is 5.91 Å². The first-order valence-corrected chi connectivity index (χ1v) is 10.2. The average Bonchev–Trinajstić information content (AvgIpc) is 2.75. The Morgan fingerprint density at radius 2 is 1.72 bits per heavy atom. The van der Waals surface area contributed by atoms with Crippen molar-refractivity contribution in [3.05, 3.63) is 24.8 Å². The van der Waals surface area contributed by atoms with Crippen molar-refractivity contribution in [2.75, 3.05) is 71.0 Å². The van der Waals surface area contributed by atoms with E-state index < -0.39 is 0 Å². The molecular weight excluding hydrogens is 366 g/mol. The van der Waals surface area contributed by atoms with Crippen molar-refractivity contribution in [3.8, 4) is 5.75 Å². The number of rotatable bonds is 6. The summed E-state index contributed by atoms with van der Waals surface area (Å²) in [4.78, 5) is 16.4. The Hall–Kier alpha value is -2.25. The van der Waals surface area contributed by atoms with Gasteiger partial charge in [0.25, 0.3) is 0 Å². The zero-order valence-electron chi connectivity index (χ0n) is 19.6. The predicted molar refractivity (Wildman–Crippen MR) is 127 cm³/mol. The summed E-state index contributed by atoms with van der Waals surface area (Å²) in [5, 5.41) is 8.77. The number of nitrogens with zero attached hydrogens (tertiary/aromatic N) is 2. The molecule has 2 rings (SSSR count). The topological polar surface area (TPSA) is 68.9 Å². The quantitative estimate of drug-likeness (QED) is 0.629. The van der Waals surface area contributed by atoms with Crippen LogP contribution in [0.3, 0.4) is 0 Å². The van der Waals surface area contributed by atoms with E-state index >= 15 is 0 Å². The molecule has 3 N–H and O–H groups in total. The zero-order valence-corrected chi connectivity index (χ0v) is 19.6. The fourth-order valence-electron chi connectivity index (χ4n) is 3.10. The summed E-state index contributed by atoms with van der Waals surface area (Å²) >= 11 is 0. The first-order valence-electron chi connectivity index (χ1n) is 10.2. The molecule has 1 aromatic carbocycles. The molecule has 0 unspecified atom stereocenters. The first-order chi connectivity index (χ1) is 13.9. The molecule has 0 radical (unpaired) electrons. The summed E-state index contributed by atoms with van der Waals surface area (Å²) in [6.45, 7) is 9.43.